The summed E-state index contributed by atoms with van der Waals surface area (Å²) >= 11 is 1.05. The first kappa shape index (κ1) is 27.2. The first-order chi connectivity index (χ1) is 16.5. The summed E-state index contributed by atoms with van der Waals surface area (Å²) in [6, 6.07) is 0.802. The Balaban J connectivity index is 1.97. The summed E-state index contributed by atoms with van der Waals surface area (Å²) in [5.74, 6) is 4.96. The van der Waals surface area contributed by atoms with Crippen molar-refractivity contribution in [2.24, 2.45) is 17.3 Å². The average molecular weight is 503 g/mol. The second-order valence-electron chi connectivity index (χ2n) is 10.9. The fourth-order valence-electron chi connectivity index (χ4n) is 4.53. The van der Waals surface area contributed by atoms with E-state index >= 15 is 0 Å². The van der Waals surface area contributed by atoms with Gasteiger partial charge in [0.15, 0.2) is 0 Å². The van der Waals surface area contributed by atoms with Crippen LogP contribution in [-0.4, -0.2) is 48.2 Å². The molecule has 1 atom stereocenters. The average Bonchev–Trinajstić information content (AvgIpc) is 3.22. The molecule has 0 spiro atoms. The normalized spacial score (nSPS) is 22.0. The number of carboxylic acid groups (broad SMARTS) is 1. The number of rotatable bonds is 6. The lowest BCUT2D eigenvalue weighted by Gasteiger charge is -2.35. The number of amides is 2. The van der Waals surface area contributed by atoms with E-state index in [2.05, 4.69) is 24.1 Å². The van der Waals surface area contributed by atoms with Gasteiger partial charge in [-0.15, -0.1) is 11.3 Å². The van der Waals surface area contributed by atoms with Gasteiger partial charge in [0.05, 0.1) is 10.6 Å². The molecule has 1 saturated carbocycles. The molecule has 2 fully saturated rings. The van der Waals surface area contributed by atoms with E-state index in [1.54, 1.807) is 13.0 Å². The highest BCUT2D eigenvalue weighted by Gasteiger charge is 2.37. The summed E-state index contributed by atoms with van der Waals surface area (Å²) in [6.07, 6.45) is 4.83. The third-order valence-corrected chi connectivity index (χ3v) is 7.69. The van der Waals surface area contributed by atoms with E-state index in [4.69, 9.17) is 4.74 Å². The number of carbonyl (C=O) groups is 3. The molecule has 0 unspecified atom stereocenters. The first-order valence-electron chi connectivity index (χ1n) is 12.6. The highest BCUT2D eigenvalue weighted by atomic mass is 32.1. The van der Waals surface area contributed by atoms with Crippen molar-refractivity contribution in [1.29, 1.82) is 0 Å². The minimum atomic E-state index is -1.12. The smallest absolute Gasteiger partial charge is 0.348 e. The predicted molar refractivity (Wildman–Crippen MR) is 138 cm³/mol. The number of thiophene rings is 1. The minimum Gasteiger partial charge on any atom is -0.477 e. The van der Waals surface area contributed by atoms with Crippen molar-refractivity contribution < 1.29 is 24.2 Å². The van der Waals surface area contributed by atoms with Crippen LogP contribution in [0.4, 0.5) is 5.69 Å². The molecule has 1 aromatic rings. The number of nitrogens with zero attached hydrogens (tertiary/aromatic N) is 1. The SMILES string of the molecule is CC1CCC(C(=O)N(c2cc(C#CC(C)(C)C)sc2C(=O)O)[C@@H](C)C(=O)NC2CCOCC2)CC1. The van der Waals surface area contributed by atoms with Crippen molar-refractivity contribution in [3.05, 3.63) is 15.8 Å². The van der Waals surface area contributed by atoms with Gasteiger partial charge in [0, 0.05) is 30.6 Å². The van der Waals surface area contributed by atoms with Gasteiger partial charge in [0.2, 0.25) is 11.8 Å². The fourth-order valence-corrected chi connectivity index (χ4v) is 5.37. The second kappa shape index (κ2) is 11.6. The number of aromatic carboxylic acids is 1. The van der Waals surface area contributed by atoms with Gasteiger partial charge < -0.3 is 15.2 Å². The van der Waals surface area contributed by atoms with Crippen LogP contribution < -0.4 is 10.2 Å². The quantitative estimate of drug-likeness (QED) is 0.551. The van der Waals surface area contributed by atoms with E-state index in [0.717, 1.165) is 49.9 Å². The lowest BCUT2D eigenvalue weighted by molar-refractivity contribution is -0.129. The van der Waals surface area contributed by atoms with Gasteiger partial charge in [-0.25, -0.2) is 4.79 Å². The Morgan fingerprint density at radius 2 is 1.77 bits per heavy atom. The summed E-state index contributed by atoms with van der Waals surface area (Å²) in [7, 11) is 0. The summed E-state index contributed by atoms with van der Waals surface area (Å²) in [4.78, 5) is 41.4. The van der Waals surface area contributed by atoms with Gasteiger partial charge in [-0.2, -0.15) is 0 Å². The van der Waals surface area contributed by atoms with Crippen molar-refractivity contribution in [1.82, 2.24) is 5.32 Å². The Kier molecular flexibility index (Phi) is 9.00. The van der Waals surface area contributed by atoms with E-state index in [9.17, 15) is 19.5 Å². The van der Waals surface area contributed by atoms with Gasteiger partial charge in [-0.3, -0.25) is 14.5 Å². The van der Waals surface area contributed by atoms with Gasteiger partial charge in [-0.1, -0.05) is 18.8 Å². The molecule has 0 aromatic carbocycles. The van der Waals surface area contributed by atoms with E-state index < -0.39 is 12.0 Å². The molecule has 2 amide bonds. The molecule has 0 bridgehead atoms. The molecule has 1 aromatic heterocycles. The zero-order chi connectivity index (χ0) is 25.8. The van der Waals surface area contributed by atoms with Crippen molar-refractivity contribution in [2.45, 2.75) is 85.2 Å². The number of hydrogen-bond donors (Lipinski definition) is 2. The van der Waals surface area contributed by atoms with E-state index in [1.165, 1.54) is 4.90 Å². The van der Waals surface area contributed by atoms with Crippen molar-refractivity contribution in [2.75, 3.05) is 18.1 Å². The zero-order valence-electron chi connectivity index (χ0n) is 21.5. The molecule has 1 aliphatic heterocycles. The highest BCUT2D eigenvalue weighted by Crippen LogP contribution is 2.36. The van der Waals surface area contributed by atoms with Crippen molar-refractivity contribution >= 4 is 34.8 Å². The molecule has 7 nitrogen and oxygen atoms in total. The summed E-state index contributed by atoms with van der Waals surface area (Å²) < 4.78 is 5.38. The number of hydrogen-bond acceptors (Lipinski definition) is 5. The van der Waals surface area contributed by atoms with E-state index in [1.807, 2.05) is 20.8 Å². The van der Waals surface area contributed by atoms with Crippen molar-refractivity contribution in [3.8, 4) is 11.8 Å². The molecular formula is C27H38N2O5S. The molecule has 1 aliphatic carbocycles. The van der Waals surface area contributed by atoms with Gasteiger partial charge >= 0.3 is 5.97 Å². The van der Waals surface area contributed by atoms with Crippen LogP contribution in [0.25, 0.3) is 0 Å². The van der Waals surface area contributed by atoms with E-state index in [-0.39, 0.29) is 39.8 Å². The molecule has 2 aliphatic rings. The Hall–Kier alpha value is -2.37. The molecule has 35 heavy (non-hydrogen) atoms. The third kappa shape index (κ3) is 7.31. The van der Waals surface area contributed by atoms with Crippen LogP contribution in [0.1, 0.15) is 87.7 Å². The molecular weight excluding hydrogens is 464 g/mol. The molecule has 8 heteroatoms. The van der Waals surface area contributed by atoms with Crippen LogP contribution in [0.15, 0.2) is 6.07 Å². The van der Waals surface area contributed by atoms with Crippen LogP contribution in [-0.2, 0) is 14.3 Å². The summed E-state index contributed by atoms with van der Waals surface area (Å²) in [6.45, 7) is 11.0. The number of carbonyl (C=O) groups excluding carboxylic acids is 2. The molecule has 3 rings (SSSR count). The lowest BCUT2D eigenvalue weighted by Crippen LogP contribution is -2.53. The number of ether oxygens (including phenoxy) is 1. The monoisotopic (exact) mass is 502 g/mol. The topological polar surface area (TPSA) is 95.9 Å². The highest BCUT2D eigenvalue weighted by molar-refractivity contribution is 7.15. The lowest BCUT2D eigenvalue weighted by atomic mass is 9.82. The predicted octanol–water partition coefficient (Wildman–Crippen LogP) is 4.69. The van der Waals surface area contributed by atoms with Crippen LogP contribution >= 0.6 is 11.3 Å². The first-order valence-corrected chi connectivity index (χ1v) is 13.4. The molecule has 192 valence electrons. The van der Waals surface area contributed by atoms with Gasteiger partial charge in [0.25, 0.3) is 0 Å². The second-order valence-corrected chi connectivity index (χ2v) is 11.9. The Morgan fingerprint density at radius 3 is 2.34 bits per heavy atom. The third-order valence-electron chi connectivity index (χ3n) is 6.66. The molecule has 2 heterocycles. The Bertz CT molecular complexity index is 985. The maximum Gasteiger partial charge on any atom is 0.348 e. The maximum atomic E-state index is 13.8. The van der Waals surface area contributed by atoms with E-state index in [0.29, 0.717) is 24.0 Å². The zero-order valence-corrected chi connectivity index (χ0v) is 22.3. The van der Waals surface area contributed by atoms with Crippen LogP contribution in [0.3, 0.4) is 0 Å². The number of anilines is 1. The van der Waals surface area contributed by atoms with Gasteiger partial charge in [0.1, 0.15) is 10.9 Å². The van der Waals surface area contributed by atoms with Gasteiger partial charge in [-0.05, 0) is 78.2 Å². The number of nitrogens with one attached hydrogen (secondary N) is 1. The van der Waals surface area contributed by atoms with Crippen LogP contribution in [0, 0.1) is 29.1 Å². The van der Waals surface area contributed by atoms with Crippen molar-refractivity contribution in [3.63, 3.8) is 0 Å². The fraction of sp³-hybridized carbons (Fsp3) is 0.667. The molecule has 2 N–H and O–H groups in total. The van der Waals surface area contributed by atoms with Crippen LogP contribution in [0.2, 0.25) is 0 Å². The maximum absolute atomic E-state index is 13.8. The number of carboxylic acids is 1. The largest absolute Gasteiger partial charge is 0.477 e. The summed E-state index contributed by atoms with van der Waals surface area (Å²) in [5, 5.41) is 13.0. The minimum absolute atomic E-state index is 0.0131. The Labute approximate surface area is 212 Å². The Morgan fingerprint density at radius 1 is 1.14 bits per heavy atom. The molecule has 0 radical (unpaired) electrons. The standard InChI is InChI=1S/C27H38N2O5S/c1-17-6-8-19(9-7-17)25(31)29(18(2)24(30)28-20-11-14-34-15-12-20)22-16-21(10-13-27(3,4)5)35-23(22)26(32)33/h16-20H,6-9,11-12,14-15H2,1-5H3,(H,28,30)(H,32,33)/t17?,18-,19?/m0/s1. The van der Waals surface area contributed by atoms with Crippen LogP contribution in [0.5, 0.6) is 0 Å². The summed E-state index contributed by atoms with van der Waals surface area (Å²) in [5.41, 5.74) is 0.0117. The molecule has 1 saturated heterocycles.